The van der Waals surface area contributed by atoms with E-state index in [2.05, 4.69) is 9.97 Å². The summed E-state index contributed by atoms with van der Waals surface area (Å²) in [5, 5.41) is 0.809. The highest BCUT2D eigenvalue weighted by molar-refractivity contribution is 7.16. The van der Waals surface area contributed by atoms with Crippen LogP contribution in [0, 0.1) is 5.82 Å². The highest BCUT2D eigenvalue weighted by atomic mass is 32.1. The molecule has 2 aromatic heterocycles. The molecule has 0 spiro atoms. The topological polar surface area (TPSA) is 54.7 Å². The van der Waals surface area contributed by atoms with Crippen molar-refractivity contribution in [1.82, 2.24) is 9.97 Å². The Morgan fingerprint density at radius 2 is 2.21 bits per heavy atom. The Morgan fingerprint density at radius 1 is 1.32 bits per heavy atom. The number of imidazole rings is 1. The number of nitrogens with two attached hydrogens (primary N) is 1. The number of hydrogen-bond acceptors (Lipinski definition) is 3. The van der Waals surface area contributed by atoms with E-state index < -0.39 is 0 Å². The molecule has 0 saturated carbocycles. The molecule has 0 fully saturated rings. The number of nitrogens with one attached hydrogen (secondary N) is 1. The molecule has 1 aliphatic rings. The van der Waals surface area contributed by atoms with Gasteiger partial charge in [-0.2, -0.15) is 0 Å². The van der Waals surface area contributed by atoms with Crippen molar-refractivity contribution in [2.75, 3.05) is 5.73 Å². The van der Waals surface area contributed by atoms with Gasteiger partial charge in [0.2, 0.25) is 0 Å². The summed E-state index contributed by atoms with van der Waals surface area (Å²) in [5.41, 5.74) is 9.95. The van der Waals surface area contributed by atoms with Gasteiger partial charge in [0.15, 0.2) is 0 Å². The summed E-state index contributed by atoms with van der Waals surface area (Å²) in [6.07, 6.45) is 3.35. The van der Waals surface area contributed by atoms with Gasteiger partial charge >= 0.3 is 0 Å². The van der Waals surface area contributed by atoms with E-state index in [1.54, 1.807) is 17.4 Å². The molecular formula is C14H12FN3S. The van der Waals surface area contributed by atoms with Gasteiger partial charge < -0.3 is 10.7 Å². The van der Waals surface area contributed by atoms with Crippen LogP contribution in [0.3, 0.4) is 0 Å². The van der Waals surface area contributed by atoms with E-state index in [1.165, 1.54) is 29.0 Å². The number of benzene rings is 1. The van der Waals surface area contributed by atoms with Crippen LogP contribution >= 0.6 is 11.3 Å². The highest BCUT2D eigenvalue weighted by Crippen LogP contribution is 2.42. The molecule has 3 nitrogen and oxygen atoms in total. The second kappa shape index (κ2) is 3.81. The Morgan fingerprint density at radius 3 is 3.11 bits per heavy atom. The van der Waals surface area contributed by atoms with Crippen LogP contribution in [-0.4, -0.2) is 9.97 Å². The molecule has 1 aromatic carbocycles. The van der Waals surface area contributed by atoms with Crippen molar-refractivity contribution in [3.05, 3.63) is 34.5 Å². The second-order valence-electron chi connectivity index (χ2n) is 4.84. The molecule has 0 radical (unpaired) electrons. The minimum Gasteiger partial charge on any atom is -0.390 e. The van der Waals surface area contributed by atoms with Crippen LogP contribution in [0.1, 0.15) is 16.9 Å². The number of anilines is 1. The van der Waals surface area contributed by atoms with Crippen LogP contribution < -0.4 is 5.73 Å². The van der Waals surface area contributed by atoms with E-state index in [1.807, 2.05) is 0 Å². The van der Waals surface area contributed by atoms with Crippen LogP contribution in [0.4, 0.5) is 9.39 Å². The van der Waals surface area contributed by atoms with E-state index in [-0.39, 0.29) is 5.82 Å². The number of fused-ring (bicyclic) bond motifs is 2. The number of rotatable bonds is 1. The first-order valence-electron chi connectivity index (χ1n) is 6.28. The smallest absolute Gasteiger partial charge is 0.141 e. The lowest BCUT2D eigenvalue weighted by Gasteiger charge is -1.98. The van der Waals surface area contributed by atoms with Gasteiger partial charge in [-0.15, -0.1) is 11.3 Å². The fourth-order valence-electron chi connectivity index (χ4n) is 2.79. The zero-order valence-electron chi connectivity index (χ0n) is 10.2. The first kappa shape index (κ1) is 11.0. The van der Waals surface area contributed by atoms with E-state index in [0.29, 0.717) is 5.52 Å². The summed E-state index contributed by atoms with van der Waals surface area (Å²) in [7, 11) is 0. The maximum Gasteiger partial charge on any atom is 0.141 e. The van der Waals surface area contributed by atoms with Gasteiger partial charge in [-0.25, -0.2) is 9.37 Å². The van der Waals surface area contributed by atoms with Crippen LogP contribution in [-0.2, 0) is 12.8 Å². The molecule has 3 N–H and O–H groups in total. The number of nitrogens with zero attached hydrogens (tertiary/aromatic N) is 1. The largest absolute Gasteiger partial charge is 0.390 e. The number of thiophene rings is 1. The van der Waals surface area contributed by atoms with Crippen molar-refractivity contribution in [1.29, 1.82) is 0 Å². The third-order valence-corrected chi connectivity index (χ3v) is 4.75. The van der Waals surface area contributed by atoms with E-state index in [9.17, 15) is 4.39 Å². The van der Waals surface area contributed by atoms with E-state index in [0.717, 1.165) is 34.7 Å². The summed E-state index contributed by atoms with van der Waals surface area (Å²) in [4.78, 5) is 9.10. The Labute approximate surface area is 113 Å². The Balaban J connectivity index is 1.95. The molecule has 0 unspecified atom stereocenters. The van der Waals surface area contributed by atoms with Crippen LogP contribution in [0.15, 0.2) is 18.2 Å². The second-order valence-corrected chi connectivity index (χ2v) is 5.98. The summed E-state index contributed by atoms with van der Waals surface area (Å²) in [5.74, 6) is 0.503. The predicted molar refractivity (Wildman–Crippen MR) is 75.8 cm³/mol. The number of hydrogen-bond donors (Lipinski definition) is 2. The monoisotopic (exact) mass is 273 g/mol. The lowest BCUT2D eigenvalue weighted by atomic mass is 10.1. The van der Waals surface area contributed by atoms with Gasteiger partial charge in [0, 0.05) is 4.88 Å². The molecule has 0 bridgehead atoms. The van der Waals surface area contributed by atoms with Crippen molar-refractivity contribution in [3.63, 3.8) is 0 Å². The lowest BCUT2D eigenvalue weighted by Crippen LogP contribution is -1.89. The zero-order chi connectivity index (χ0) is 13.0. The SMILES string of the molecule is Nc1sc2c(c1-c1nc3ccc(F)cc3[nH]1)CCC2. The fourth-order valence-corrected chi connectivity index (χ4v) is 3.95. The zero-order valence-corrected chi connectivity index (χ0v) is 11.0. The molecule has 96 valence electrons. The molecule has 0 atom stereocenters. The Hall–Kier alpha value is -1.88. The molecule has 5 heteroatoms. The van der Waals surface area contributed by atoms with Crippen LogP contribution in [0.25, 0.3) is 22.4 Å². The molecule has 4 rings (SSSR count). The molecule has 0 aliphatic heterocycles. The minimum atomic E-state index is -0.258. The molecule has 3 aromatic rings. The van der Waals surface area contributed by atoms with Crippen molar-refractivity contribution in [2.24, 2.45) is 0 Å². The average Bonchev–Trinajstić information content (AvgIpc) is 3.01. The van der Waals surface area contributed by atoms with Crippen molar-refractivity contribution in [2.45, 2.75) is 19.3 Å². The lowest BCUT2D eigenvalue weighted by molar-refractivity contribution is 0.629. The molecular weight excluding hydrogens is 261 g/mol. The summed E-state index contributed by atoms with van der Waals surface area (Å²) >= 11 is 1.66. The number of aromatic amines is 1. The van der Waals surface area contributed by atoms with Crippen molar-refractivity contribution < 1.29 is 4.39 Å². The quantitative estimate of drug-likeness (QED) is 0.713. The summed E-state index contributed by atoms with van der Waals surface area (Å²) in [6, 6.07) is 4.58. The summed E-state index contributed by atoms with van der Waals surface area (Å²) < 4.78 is 13.2. The first-order valence-corrected chi connectivity index (χ1v) is 7.09. The van der Waals surface area contributed by atoms with Gasteiger partial charge in [0.25, 0.3) is 0 Å². The Kier molecular flexibility index (Phi) is 2.20. The first-order chi connectivity index (χ1) is 9.22. The molecule has 0 amide bonds. The van der Waals surface area contributed by atoms with Crippen LogP contribution in [0.5, 0.6) is 0 Å². The van der Waals surface area contributed by atoms with Gasteiger partial charge in [-0.3, -0.25) is 0 Å². The third-order valence-electron chi connectivity index (χ3n) is 3.63. The molecule has 1 aliphatic carbocycles. The van der Waals surface area contributed by atoms with E-state index in [4.69, 9.17) is 5.73 Å². The number of halogens is 1. The average molecular weight is 273 g/mol. The van der Waals surface area contributed by atoms with Crippen molar-refractivity contribution >= 4 is 27.4 Å². The number of H-pyrrole nitrogens is 1. The van der Waals surface area contributed by atoms with Gasteiger partial charge in [-0.1, -0.05) is 0 Å². The fraction of sp³-hybridized carbons (Fsp3) is 0.214. The number of nitrogen functional groups attached to an aromatic ring is 1. The maximum atomic E-state index is 13.2. The highest BCUT2D eigenvalue weighted by Gasteiger charge is 2.23. The standard InChI is InChI=1S/C14H12FN3S/c15-7-4-5-9-10(6-7)18-14(17-9)12-8-2-1-3-11(8)19-13(12)16/h4-6H,1-3,16H2,(H,17,18). The van der Waals surface area contributed by atoms with Gasteiger partial charge in [-0.05, 0) is 43.0 Å². The predicted octanol–water partition coefficient (Wildman–Crippen LogP) is 3.50. The maximum absolute atomic E-state index is 13.2. The van der Waals surface area contributed by atoms with Gasteiger partial charge in [0.05, 0.1) is 21.6 Å². The van der Waals surface area contributed by atoms with E-state index >= 15 is 0 Å². The van der Waals surface area contributed by atoms with Crippen molar-refractivity contribution in [3.8, 4) is 11.4 Å². The minimum absolute atomic E-state index is 0.258. The number of aromatic nitrogens is 2. The van der Waals surface area contributed by atoms with Gasteiger partial charge in [0.1, 0.15) is 11.6 Å². The third kappa shape index (κ3) is 1.58. The summed E-state index contributed by atoms with van der Waals surface area (Å²) in [6.45, 7) is 0. The van der Waals surface area contributed by atoms with Crippen LogP contribution in [0.2, 0.25) is 0 Å². The molecule has 19 heavy (non-hydrogen) atoms. The molecule has 0 saturated heterocycles. The Bertz CT molecular complexity index is 787. The number of aryl methyl sites for hydroxylation is 1. The molecule has 2 heterocycles. The normalized spacial score (nSPS) is 14.2.